The minimum absolute atomic E-state index is 0.694. The predicted octanol–water partition coefficient (Wildman–Crippen LogP) is 3.42. The molecule has 0 radical (unpaired) electrons. The molecule has 2 aromatic rings. The zero-order valence-electron chi connectivity index (χ0n) is 8.24. The van der Waals surface area contributed by atoms with Crippen LogP contribution in [-0.2, 0) is 0 Å². The van der Waals surface area contributed by atoms with Crippen LogP contribution in [0.2, 0.25) is 0 Å². The molecule has 1 heterocycles. The molecule has 0 amide bonds. The summed E-state index contributed by atoms with van der Waals surface area (Å²) in [4.78, 5) is 0. The highest BCUT2D eigenvalue weighted by Gasteiger charge is 2.04. The number of aromatic nitrogens is 1. The van der Waals surface area contributed by atoms with Gasteiger partial charge in [-0.05, 0) is 58.7 Å². The maximum atomic E-state index is 8.77. The van der Waals surface area contributed by atoms with Crippen molar-refractivity contribution in [3.63, 3.8) is 0 Å². The van der Waals surface area contributed by atoms with Crippen molar-refractivity contribution < 1.29 is 0 Å². The average Bonchev–Trinajstić information content (AvgIpc) is 2.64. The summed E-state index contributed by atoms with van der Waals surface area (Å²) in [6, 6.07) is 11.8. The first-order chi connectivity index (χ1) is 7.22. The van der Waals surface area contributed by atoms with Gasteiger partial charge >= 0.3 is 0 Å². The van der Waals surface area contributed by atoms with E-state index in [0.717, 1.165) is 15.9 Å². The van der Waals surface area contributed by atoms with Gasteiger partial charge in [-0.3, -0.25) is 0 Å². The van der Waals surface area contributed by atoms with Crippen LogP contribution in [0.3, 0.4) is 0 Å². The molecule has 15 heavy (non-hydrogen) atoms. The van der Waals surface area contributed by atoms with E-state index < -0.39 is 0 Å². The molecule has 1 aromatic heterocycles. The second-order valence-electron chi connectivity index (χ2n) is 3.31. The molecule has 0 saturated heterocycles. The average molecular weight is 261 g/mol. The van der Waals surface area contributed by atoms with Crippen molar-refractivity contribution in [1.29, 1.82) is 5.26 Å². The molecule has 1 aromatic carbocycles. The van der Waals surface area contributed by atoms with E-state index >= 15 is 0 Å². The highest BCUT2D eigenvalue weighted by atomic mass is 79.9. The second-order valence-corrected chi connectivity index (χ2v) is 4.13. The smallest absolute Gasteiger partial charge is 0.0991 e. The quantitative estimate of drug-likeness (QED) is 0.773. The summed E-state index contributed by atoms with van der Waals surface area (Å²) in [6.07, 6.45) is 1.98. The Bertz CT molecular complexity index is 535. The Hall–Kier alpha value is -1.53. The Balaban J connectivity index is 2.56. The number of nitriles is 1. The molecule has 2 rings (SSSR count). The van der Waals surface area contributed by atoms with Crippen LogP contribution in [0.4, 0.5) is 0 Å². The normalized spacial score (nSPS) is 9.93. The van der Waals surface area contributed by atoms with Gasteiger partial charge in [-0.1, -0.05) is 0 Å². The van der Waals surface area contributed by atoms with Gasteiger partial charge in [0.05, 0.1) is 16.2 Å². The maximum absolute atomic E-state index is 8.77. The van der Waals surface area contributed by atoms with Gasteiger partial charge in [0.15, 0.2) is 0 Å². The summed E-state index contributed by atoms with van der Waals surface area (Å²) in [5, 5.41) is 8.77. The van der Waals surface area contributed by atoms with E-state index in [-0.39, 0.29) is 0 Å². The fourth-order valence-corrected chi connectivity index (χ4v) is 2.01. The lowest BCUT2D eigenvalue weighted by Gasteiger charge is -2.08. The van der Waals surface area contributed by atoms with Gasteiger partial charge < -0.3 is 4.57 Å². The predicted molar refractivity (Wildman–Crippen MR) is 62.9 cm³/mol. The van der Waals surface area contributed by atoms with E-state index in [1.54, 1.807) is 0 Å². The Morgan fingerprint density at radius 1 is 1.33 bits per heavy atom. The van der Waals surface area contributed by atoms with Crippen LogP contribution < -0.4 is 0 Å². The van der Waals surface area contributed by atoms with E-state index in [1.807, 2.05) is 48.0 Å². The first-order valence-electron chi connectivity index (χ1n) is 4.56. The van der Waals surface area contributed by atoms with Crippen molar-refractivity contribution in [2.24, 2.45) is 0 Å². The van der Waals surface area contributed by atoms with E-state index in [0.29, 0.717) is 5.56 Å². The van der Waals surface area contributed by atoms with E-state index in [4.69, 9.17) is 5.26 Å². The van der Waals surface area contributed by atoms with Crippen molar-refractivity contribution in [2.75, 3.05) is 0 Å². The van der Waals surface area contributed by atoms with Crippen molar-refractivity contribution in [1.82, 2.24) is 4.57 Å². The van der Waals surface area contributed by atoms with Crippen LogP contribution in [0.15, 0.2) is 41.1 Å². The van der Waals surface area contributed by atoms with Crippen molar-refractivity contribution in [2.45, 2.75) is 6.92 Å². The van der Waals surface area contributed by atoms with Gasteiger partial charge in [0.2, 0.25) is 0 Å². The summed E-state index contributed by atoms with van der Waals surface area (Å²) < 4.78 is 3.05. The second kappa shape index (κ2) is 3.92. The molecule has 0 N–H and O–H groups in total. The summed E-state index contributed by atoms with van der Waals surface area (Å²) in [7, 11) is 0. The van der Waals surface area contributed by atoms with Crippen LogP contribution in [0.25, 0.3) is 5.69 Å². The van der Waals surface area contributed by atoms with Crippen LogP contribution >= 0.6 is 15.9 Å². The molecule has 0 aliphatic rings. The molecule has 74 valence electrons. The number of benzene rings is 1. The highest BCUT2D eigenvalue weighted by molar-refractivity contribution is 9.10. The lowest BCUT2D eigenvalue weighted by molar-refractivity contribution is 1.03. The maximum Gasteiger partial charge on any atom is 0.0991 e. The third-order valence-corrected chi connectivity index (χ3v) is 2.93. The standard InChI is InChI=1S/C12H9BrN2/c1-9-7-10(8-14)4-5-11(9)15-6-2-3-12(15)13/h2-7H,1H3. The summed E-state index contributed by atoms with van der Waals surface area (Å²) in [5.41, 5.74) is 2.87. The van der Waals surface area contributed by atoms with Crippen LogP contribution in [-0.4, -0.2) is 4.57 Å². The Morgan fingerprint density at radius 3 is 2.67 bits per heavy atom. The Labute approximate surface area is 96.9 Å². The third kappa shape index (κ3) is 1.81. The zero-order chi connectivity index (χ0) is 10.8. The van der Waals surface area contributed by atoms with E-state index in [2.05, 4.69) is 22.0 Å². The summed E-state index contributed by atoms with van der Waals surface area (Å²) in [6.45, 7) is 2.00. The van der Waals surface area contributed by atoms with Crippen LogP contribution in [0.5, 0.6) is 0 Å². The lowest BCUT2D eigenvalue weighted by Crippen LogP contribution is -1.95. The topological polar surface area (TPSA) is 28.7 Å². The van der Waals surface area contributed by atoms with Crippen LogP contribution in [0, 0.1) is 18.3 Å². The van der Waals surface area contributed by atoms with Gasteiger partial charge in [0, 0.05) is 11.9 Å². The zero-order valence-corrected chi connectivity index (χ0v) is 9.82. The minimum Gasteiger partial charge on any atom is -0.311 e. The molecule has 0 bridgehead atoms. The van der Waals surface area contributed by atoms with E-state index in [1.165, 1.54) is 0 Å². The fraction of sp³-hybridized carbons (Fsp3) is 0.0833. The molecule has 0 fully saturated rings. The third-order valence-electron chi connectivity index (χ3n) is 2.28. The molecule has 0 spiro atoms. The first-order valence-corrected chi connectivity index (χ1v) is 5.35. The van der Waals surface area contributed by atoms with Gasteiger partial charge in [0.25, 0.3) is 0 Å². The first kappa shape index (κ1) is 10.0. The highest BCUT2D eigenvalue weighted by Crippen LogP contribution is 2.21. The molecule has 0 saturated carbocycles. The molecular formula is C12H9BrN2. The minimum atomic E-state index is 0.694. The van der Waals surface area contributed by atoms with Crippen molar-refractivity contribution in [3.05, 3.63) is 52.3 Å². The lowest BCUT2D eigenvalue weighted by atomic mass is 10.1. The summed E-state index contributed by atoms with van der Waals surface area (Å²) in [5.74, 6) is 0. The number of halogens is 1. The number of hydrogen-bond acceptors (Lipinski definition) is 1. The van der Waals surface area contributed by atoms with E-state index in [9.17, 15) is 0 Å². The fourth-order valence-electron chi connectivity index (χ4n) is 1.55. The van der Waals surface area contributed by atoms with Gasteiger partial charge in [-0.2, -0.15) is 5.26 Å². The summed E-state index contributed by atoms with van der Waals surface area (Å²) >= 11 is 3.47. The Morgan fingerprint density at radius 2 is 2.13 bits per heavy atom. The molecule has 0 unspecified atom stereocenters. The molecule has 2 nitrogen and oxygen atoms in total. The SMILES string of the molecule is Cc1cc(C#N)ccc1-n1cccc1Br. The molecular weight excluding hydrogens is 252 g/mol. The van der Waals surface area contributed by atoms with Crippen molar-refractivity contribution in [3.8, 4) is 11.8 Å². The largest absolute Gasteiger partial charge is 0.311 e. The van der Waals surface area contributed by atoms with Gasteiger partial charge in [-0.25, -0.2) is 0 Å². The molecule has 0 atom stereocenters. The number of aryl methyl sites for hydroxylation is 1. The number of hydrogen-bond donors (Lipinski definition) is 0. The number of nitrogens with zero attached hydrogens (tertiary/aromatic N) is 2. The molecule has 0 aliphatic heterocycles. The Kier molecular flexibility index (Phi) is 2.61. The van der Waals surface area contributed by atoms with Crippen molar-refractivity contribution >= 4 is 15.9 Å². The number of rotatable bonds is 1. The molecule has 3 heteroatoms. The monoisotopic (exact) mass is 260 g/mol. The van der Waals surface area contributed by atoms with Crippen LogP contribution in [0.1, 0.15) is 11.1 Å². The molecule has 0 aliphatic carbocycles. The van der Waals surface area contributed by atoms with Gasteiger partial charge in [0.1, 0.15) is 0 Å². The van der Waals surface area contributed by atoms with Gasteiger partial charge in [-0.15, -0.1) is 0 Å².